The lowest BCUT2D eigenvalue weighted by Gasteiger charge is -2.17. The molecule has 0 spiro atoms. The van der Waals surface area contributed by atoms with Crippen LogP contribution in [0.3, 0.4) is 0 Å². The Labute approximate surface area is 117 Å². The Morgan fingerprint density at radius 3 is 2.68 bits per heavy atom. The molecule has 1 amide bonds. The molecule has 1 fully saturated rings. The predicted molar refractivity (Wildman–Crippen MR) is 79.3 cm³/mol. The van der Waals surface area contributed by atoms with Crippen molar-refractivity contribution in [1.29, 1.82) is 0 Å². The molecule has 1 aliphatic rings. The van der Waals surface area contributed by atoms with Gasteiger partial charge in [-0.3, -0.25) is 4.79 Å². The fourth-order valence-electron chi connectivity index (χ4n) is 2.30. The molecular weight excluding hydrogens is 262 g/mol. The van der Waals surface area contributed by atoms with Crippen LogP contribution < -0.4 is 15.4 Å². The number of thiophene rings is 1. The number of nitrogens with zero attached hydrogens (tertiary/aromatic N) is 2. The van der Waals surface area contributed by atoms with Crippen molar-refractivity contribution in [2.45, 2.75) is 13.3 Å². The first-order chi connectivity index (χ1) is 8.95. The first-order valence-corrected chi connectivity index (χ1v) is 7.20. The first-order valence-electron chi connectivity index (χ1n) is 6.38. The number of hydrogen-bond acceptors (Lipinski definition) is 5. The van der Waals surface area contributed by atoms with E-state index in [0.717, 1.165) is 24.5 Å². The van der Waals surface area contributed by atoms with Crippen molar-refractivity contribution in [1.82, 2.24) is 4.90 Å². The molecule has 0 saturated carbocycles. The summed E-state index contributed by atoms with van der Waals surface area (Å²) in [6.45, 7) is 4.22. The molecule has 2 N–H and O–H groups in total. The van der Waals surface area contributed by atoms with E-state index >= 15 is 0 Å². The van der Waals surface area contributed by atoms with E-state index in [4.69, 9.17) is 10.5 Å². The van der Waals surface area contributed by atoms with Crippen LogP contribution in [0, 0.1) is 5.92 Å². The van der Waals surface area contributed by atoms with Crippen molar-refractivity contribution in [2.24, 2.45) is 5.92 Å². The van der Waals surface area contributed by atoms with Crippen LogP contribution in [0.5, 0.6) is 5.75 Å². The molecule has 6 heteroatoms. The van der Waals surface area contributed by atoms with Crippen LogP contribution in [0.1, 0.15) is 23.0 Å². The molecule has 5 nitrogen and oxygen atoms in total. The van der Waals surface area contributed by atoms with Crippen LogP contribution in [-0.2, 0) is 0 Å². The van der Waals surface area contributed by atoms with Gasteiger partial charge in [0.15, 0.2) is 5.75 Å². The van der Waals surface area contributed by atoms with E-state index < -0.39 is 0 Å². The Hall–Kier alpha value is -1.43. The van der Waals surface area contributed by atoms with Gasteiger partial charge < -0.3 is 20.3 Å². The molecule has 1 aromatic heterocycles. The monoisotopic (exact) mass is 283 g/mol. The fourth-order valence-corrected chi connectivity index (χ4v) is 3.55. The van der Waals surface area contributed by atoms with E-state index in [2.05, 4.69) is 11.8 Å². The minimum Gasteiger partial charge on any atom is -0.492 e. The molecule has 1 atom stereocenters. The van der Waals surface area contributed by atoms with Gasteiger partial charge in [-0.1, -0.05) is 6.92 Å². The largest absolute Gasteiger partial charge is 0.492 e. The summed E-state index contributed by atoms with van der Waals surface area (Å²) in [5.74, 6) is 1.24. The molecule has 1 saturated heterocycles. The lowest BCUT2D eigenvalue weighted by molar-refractivity contribution is 0.0833. The van der Waals surface area contributed by atoms with Gasteiger partial charge in [-0.15, -0.1) is 11.3 Å². The highest BCUT2D eigenvalue weighted by Crippen LogP contribution is 2.46. The fraction of sp³-hybridized carbons (Fsp3) is 0.615. The molecule has 0 radical (unpaired) electrons. The molecule has 2 heterocycles. The zero-order valence-electron chi connectivity index (χ0n) is 11.9. The number of methoxy groups -OCH3 is 1. The summed E-state index contributed by atoms with van der Waals surface area (Å²) in [7, 11) is 5.06. The Morgan fingerprint density at radius 2 is 2.21 bits per heavy atom. The third kappa shape index (κ3) is 2.49. The van der Waals surface area contributed by atoms with E-state index in [1.54, 1.807) is 21.2 Å². The topological polar surface area (TPSA) is 58.8 Å². The van der Waals surface area contributed by atoms with Gasteiger partial charge >= 0.3 is 0 Å². The number of nitrogens with two attached hydrogens (primary N) is 1. The van der Waals surface area contributed by atoms with Gasteiger partial charge in [0, 0.05) is 27.2 Å². The first kappa shape index (κ1) is 14.0. The third-order valence-corrected chi connectivity index (χ3v) is 4.63. The predicted octanol–water partition coefficient (Wildman–Crippen LogP) is 1.89. The number of ether oxygens (including phenoxy) is 1. The van der Waals surface area contributed by atoms with Gasteiger partial charge in [-0.2, -0.15) is 0 Å². The molecule has 0 aliphatic carbocycles. The maximum Gasteiger partial charge on any atom is 0.265 e. The number of carbonyl (C=O) groups excluding carboxylic acids is 1. The molecule has 2 rings (SSSR count). The molecule has 1 unspecified atom stereocenters. The van der Waals surface area contributed by atoms with Crippen LogP contribution >= 0.6 is 11.3 Å². The molecule has 0 bridgehead atoms. The summed E-state index contributed by atoms with van der Waals surface area (Å²) in [5.41, 5.74) is 6.53. The zero-order chi connectivity index (χ0) is 14.2. The maximum atomic E-state index is 12.1. The van der Waals surface area contributed by atoms with Crippen LogP contribution in [-0.4, -0.2) is 45.1 Å². The van der Waals surface area contributed by atoms with Gasteiger partial charge in [-0.05, 0) is 12.3 Å². The standard InChI is InChI=1S/C13H21N3O2S/c1-8-5-6-16(7-8)13-10(18-4)9(14)11(19-13)12(17)15(2)3/h8H,5-7,14H2,1-4H3. The number of anilines is 2. The molecular formula is C13H21N3O2S. The lowest BCUT2D eigenvalue weighted by atomic mass is 10.2. The van der Waals surface area contributed by atoms with Gasteiger partial charge in [0.1, 0.15) is 15.6 Å². The highest BCUT2D eigenvalue weighted by molar-refractivity contribution is 7.19. The van der Waals surface area contributed by atoms with Crippen molar-refractivity contribution in [3.05, 3.63) is 4.88 Å². The van der Waals surface area contributed by atoms with Crippen molar-refractivity contribution >= 4 is 27.9 Å². The molecule has 1 aliphatic heterocycles. The average molecular weight is 283 g/mol. The smallest absolute Gasteiger partial charge is 0.265 e. The van der Waals surface area contributed by atoms with E-state index in [9.17, 15) is 4.79 Å². The summed E-state index contributed by atoms with van der Waals surface area (Å²) in [6.07, 6.45) is 1.16. The lowest BCUT2D eigenvalue weighted by Crippen LogP contribution is -2.21. The van der Waals surface area contributed by atoms with Crippen molar-refractivity contribution in [3.8, 4) is 5.75 Å². The second kappa shape index (κ2) is 5.28. The minimum absolute atomic E-state index is 0.0701. The van der Waals surface area contributed by atoms with Gasteiger partial charge in [-0.25, -0.2) is 0 Å². The number of amides is 1. The SMILES string of the molecule is COc1c(N2CCC(C)C2)sc(C(=O)N(C)C)c1N. The van der Waals surface area contributed by atoms with E-state index in [1.807, 2.05) is 0 Å². The summed E-state index contributed by atoms with van der Waals surface area (Å²) in [4.78, 5) is 16.5. The van der Waals surface area contributed by atoms with Crippen LogP contribution in [0.25, 0.3) is 0 Å². The summed E-state index contributed by atoms with van der Waals surface area (Å²) >= 11 is 1.43. The van der Waals surface area contributed by atoms with Crippen molar-refractivity contribution < 1.29 is 9.53 Å². The van der Waals surface area contributed by atoms with Crippen molar-refractivity contribution in [3.63, 3.8) is 0 Å². The number of rotatable bonds is 3. The summed E-state index contributed by atoms with van der Waals surface area (Å²) in [5, 5.41) is 0.981. The molecule has 19 heavy (non-hydrogen) atoms. The van der Waals surface area contributed by atoms with Crippen LogP contribution in [0.2, 0.25) is 0 Å². The minimum atomic E-state index is -0.0701. The Morgan fingerprint density at radius 1 is 1.53 bits per heavy atom. The second-order valence-electron chi connectivity index (χ2n) is 5.22. The number of hydrogen-bond donors (Lipinski definition) is 1. The van der Waals surface area contributed by atoms with Gasteiger partial charge in [0.05, 0.1) is 7.11 Å². The van der Waals surface area contributed by atoms with Crippen molar-refractivity contribution in [2.75, 3.05) is 44.9 Å². The van der Waals surface area contributed by atoms with Gasteiger partial charge in [0.25, 0.3) is 5.91 Å². The maximum absolute atomic E-state index is 12.1. The van der Waals surface area contributed by atoms with Crippen LogP contribution in [0.15, 0.2) is 0 Å². The Balaban J connectivity index is 2.39. The van der Waals surface area contributed by atoms with Gasteiger partial charge in [0.2, 0.25) is 0 Å². The quantitative estimate of drug-likeness (QED) is 0.920. The molecule has 106 valence electrons. The third-order valence-electron chi connectivity index (χ3n) is 3.40. The zero-order valence-corrected chi connectivity index (χ0v) is 12.7. The van der Waals surface area contributed by atoms with E-state index in [0.29, 0.717) is 22.2 Å². The average Bonchev–Trinajstić information content (AvgIpc) is 2.92. The Bertz CT molecular complexity index is 484. The molecule has 1 aromatic rings. The van der Waals surface area contributed by atoms with E-state index in [-0.39, 0.29) is 5.91 Å². The second-order valence-corrected chi connectivity index (χ2v) is 6.22. The Kier molecular flexibility index (Phi) is 3.89. The normalized spacial score (nSPS) is 18.7. The summed E-state index contributed by atoms with van der Waals surface area (Å²) in [6, 6.07) is 0. The highest BCUT2D eigenvalue weighted by atomic mass is 32.1. The number of nitrogen functional groups attached to an aromatic ring is 1. The van der Waals surface area contributed by atoms with Crippen LogP contribution in [0.4, 0.5) is 10.7 Å². The summed E-state index contributed by atoms with van der Waals surface area (Å²) < 4.78 is 5.41. The molecule has 0 aromatic carbocycles. The number of carbonyl (C=O) groups is 1. The highest BCUT2D eigenvalue weighted by Gasteiger charge is 2.29. The van der Waals surface area contributed by atoms with E-state index in [1.165, 1.54) is 16.2 Å².